The van der Waals surface area contributed by atoms with E-state index in [0.29, 0.717) is 12.1 Å². The van der Waals surface area contributed by atoms with Crippen molar-refractivity contribution in [2.24, 2.45) is 0 Å². The van der Waals surface area contributed by atoms with Gasteiger partial charge >= 0.3 is 0 Å². The van der Waals surface area contributed by atoms with Crippen molar-refractivity contribution in [3.05, 3.63) is 11.8 Å². The van der Waals surface area contributed by atoms with Gasteiger partial charge in [0.2, 0.25) is 0 Å². The average molecular weight is 253 g/mol. The molecule has 0 amide bonds. The van der Waals surface area contributed by atoms with E-state index in [2.05, 4.69) is 35.3 Å². The van der Waals surface area contributed by atoms with Crippen LogP contribution in [0.4, 0.5) is 0 Å². The first-order valence-corrected chi connectivity index (χ1v) is 7.11. The second-order valence-corrected chi connectivity index (χ2v) is 5.53. The third kappa shape index (κ3) is 3.25. The third-order valence-electron chi connectivity index (χ3n) is 4.08. The van der Waals surface area contributed by atoms with Gasteiger partial charge in [-0.15, -0.1) is 0 Å². The van der Waals surface area contributed by atoms with Crippen LogP contribution in [-0.2, 0) is 4.74 Å². The Morgan fingerprint density at radius 1 is 1.33 bits per heavy atom. The molecule has 18 heavy (non-hydrogen) atoms. The summed E-state index contributed by atoms with van der Waals surface area (Å²) in [5.41, 5.74) is 0. The fraction of sp³-hybridized carbons (Fsp3) is 0.857. The summed E-state index contributed by atoms with van der Waals surface area (Å²) in [4.78, 5) is 4.91. The first-order valence-electron chi connectivity index (χ1n) is 7.11. The lowest BCUT2D eigenvalue weighted by Crippen LogP contribution is -2.52. The quantitative estimate of drug-likeness (QED) is 0.809. The Kier molecular flexibility index (Phi) is 5.03. The molecule has 2 heterocycles. The molecule has 0 aromatic rings. The molecule has 4 nitrogen and oxygen atoms in total. The first kappa shape index (κ1) is 13.8. The summed E-state index contributed by atoms with van der Waals surface area (Å²) in [7, 11) is 6.49. The summed E-state index contributed by atoms with van der Waals surface area (Å²) in [5, 5.41) is 3.46. The first-order chi connectivity index (χ1) is 8.72. The normalized spacial score (nSPS) is 29.3. The van der Waals surface area contributed by atoms with Gasteiger partial charge in [0.15, 0.2) is 0 Å². The molecule has 4 heteroatoms. The van der Waals surface area contributed by atoms with Crippen LogP contribution in [0.5, 0.6) is 0 Å². The number of likely N-dealkylation sites (N-methyl/N-ethyl adjacent to an activating group) is 3. The molecule has 2 aliphatic rings. The second-order valence-electron chi connectivity index (χ2n) is 5.53. The van der Waals surface area contributed by atoms with Crippen molar-refractivity contribution < 1.29 is 4.74 Å². The molecule has 0 spiro atoms. The molecule has 0 radical (unpaired) electrons. The van der Waals surface area contributed by atoms with Gasteiger partial charge in [0.25, 0.3) is 0 Å². The minimum atomic E-state index is 0.316. The van der Waals surface area contributed by atoms with E-state index in [0.717, 1.165) is 31.8 Å². The number of hydrogen-bond acceptors (Lipinski definition) is 4. The minimum absolute atomic E-state index is 0.316. The summed E-state index contributed by atoms with van der Waals surface area (Å²) in [5.74, 6) is 1.15. The van der Waals surface area contributed by atoms with Gasteiger partial charge in [0.05, 0.1) is 12.6 Å². The summed E-state index contributed by atoms with van der Waals surface area (Å²) in [6.45, 7) is 4.33. The van der Waals surface area contributed by atoms with Gasteiger partial charge in [0.1, 0.15) is 5.76 Å². The van der Waals surface area contributed by atoms with E-state index in [1.807, 2.05) is 7.05 Å². The largest absolute Gasteiger partial charge is 0.497 e. The Bertz CT molecular complexity index is 293. The van der Waals surface area contributed by atoms with E-state index in [9.17, 15) is 0 Å². The fourth-order valence-electron chi connectivity index (χ4n) is 2.98. The molecule has 0 aromatic heterocycles. The van der Waals surface area contributed by atoms with Gasteiger partial charge in [-0.05, 0) is 59.6 Å². The van der Waals surface area contributed by atoms with Crippen molar-refractivity contribution in [1.29, 1.82) is 0 Å². The number of nitrogens with one attached hydrogen (secondary N) is 1. The maximum atomic E-state index is 5.86. The van der Waals surface area contributed by atoms with Crippen LogP contribution in [0.1, 0.15) is 19.3 Å². The summed E-state index contributed by atoms with van der Waals surface area (Å²) in [6, 6.07) is 0.808. The van der Waals surface area contributed by atoms with Gasteiger partial charge < -0.3 is 19.9 Å². The predicted octanol–water partition coefficient (Wildman–Crippen LogP) is 0.905. The lowest BCUT2D eigenvalue weighted by atomic mass is 10.0. The lowest BCUT2D eigenvalue weighted by Gasteiger charge is -2.36. The molecule has 2 aliphatic heterocycles. The Balaban J connectivity index is 2.11. The van der Waals surface area contributed by atoms with E-state index < -0.39 is 0 Å². The molecule has 0 bridgehead atoms. The van der Waals surface area contributed by atoms with Crippen molar-refractivity contribution >= 4 is 0 Å². The smallest absolute Gasteiger partial charge is 0.111 e. The summed E-state index contributed by atoms with van der Waals surface area (Å²) < 4.78 is 5.86. The highest BCUT2D eigenvalue weighted by Crippen LogP contribution is 2.20. The van der Waals surface area contributed by atoms with Crippen LogP contribution < -0.4 is 5.32 Å². The van der Waals surface area contributed by atoms with Crippen molar-refractivity contribution in [2.45, 2.75) is 31.3 Å². The predicted molar refractivity (Wildman–Crippen MR) is 74.6 cm³/mol. The van der Waals surface area contributed by atoms with Gasteiger partial charge in [0, 0.05) is 12.6 Å². The van der Waals surface area contributed by atoms with Crippen molar-refractivity contribution in [2.75, 3.05) is 47.4 Å². The van der Waals surface area contributed by atoms with Gasteiger partial charge in [-0.1, -0.05) is 0 Å². The van der Waals surface area contributed by atoms with Crippen molar-refractivity contribution in [3.8, 4) is 0 Å². The Morgan fingerprint density at radius 2 is 2.17 bits per heavy atom. The standard InChI is InChI=1S/C14H27N3O/c1-15-14(13-7-4-5-10-18-13)12-11-16(2)8-6-9-17(12)3/h7,12,14-15H,4-6,8-11H2,1-3H3. The molecule has 0 aliphatic carbocycles. The van der Waals surface area contributed by atoms with Gasteiger partial charge in [-0.3, -0.25) is 0 Å². The fourth-order valence-corrected chi connectivity index (χ4v) is 2.98. The molecular weight excluding hydrogens is 226 g/mol. The van der Waals surface area contributed by atoms with Crippen LogP contribution in [-0.4, -0.2) is 69.3 Å². The highest BCUT2D eigenvalue weighted by molar-refractivity contribution is 5.10. The number of rotatable bonds is 3. The van der Waals surface area contributed by atoms with E-state index in [-0.39, 0.29) is 0 Å². The van der Waals surface area contributed by atoms with Crippen LogP contribution in [0.3, 0.4) is 0 Å². The molecule has 1 N–H and O–H groups in total. The van der Waals surface area contributed by atoms with Crippen LogP contribution in [0.25, 0.3) is 0 Å². The second kappa shape index (κ2) is 6.55. The van der Waals surface area contributed by atoms with Crippen molar-refractivity contribution in [1.82, 2.24) is 15.1 Å². The summed E-state index contributed by atoms with van der Waals surface area (Å²) >= 11 is 0. The molecule has 2 unspecified atom stereocenters. The zero-order chi connectivity index (χ0) is 13.0. The number of nitrogens with zero attached hydrogens (tertiary/aromatic N) is 2. The number of allylic oxidation sites excluding steroid dienone is 1. The maximum absolute atomic E-state index is 5.86. The molecule has 1 fully saturated rings. The Morgan fingerprint density at radius 3 is 2.83 bits per heavy atom. The van der Waals surface area contributed by atoms with E-state index in [1.54, 1.807) is 0 Å². The average Bonchev–Trinajstić information content (AvgIpc) is 2.54. The van der Waals surface area contributed by atoms with Gasteiger partial charge in [-0.25, -0.2) is 0 Å². The van der Waals surface area contributed by atoms with Crippen LogP contribution in [0.15, 0.2) is 11.8 Å². The molecular formula is C14H27N3O. The highest BCUT2D eigenvalue weighted by atomic mass is 16.5. The number of hydrogen-bond donors (Lipinski definition) is 1. The molecule has 0 saturated carbocycles. The SMILES string of the molecule is CNC(C1=CCCCO1)C1CN(C)CCCN1C. The van der Waals surface area contributed by atoms with E-state index in [4.69, 9.17) is 4.74 Å². The molecule has 104 valence electrons. The number of ether oxygens (including phenoxy) is 1. The van der Waals surface area contributed by atoms with Crippen molar-refractivity contribution in [3.63, 3.8) is 0 Å². The van der Waals surface area contributed by atoms with Crippen LogP contribution in [0, 0.1) is 0 Å². The van der Waals surface area contributed by atoms with E-state index in [1.165, 1.54) is 19.5 Å². The molecule has 2 atom stereocenters. The zero-order valence-corrected chi connectivity index (χ0v) is 12.0. The molecule has 0 aromatic carbocycles. The molecule has 1 saturated heterocycles. The third-order valence-corrected chi connectivity index (χ3v) is 4.08. The topological polar surface area (TPSA) is 27.7 Å². The van der Waals surface area contributed by atoms with Gasteiger partial charge in [-0.2, -0.15) is 0 Å². The maximum Gasteiger partial charge on any atom is 0.111 e. The van der Waals surface area contributed by atoms with Crippen LogP contribution >= 0.6 is 0 Å². The highest BCUT2D eigenvalue weighted by Gasteiger charge is 2.31. The minimum Gasteiger partial charge on any atom is -0.497 e. The monoisotopic (exact) mass is 253 g/mol. The lowest BCUT2D eigenvalue weighted by molar-refractivity contribution is 0.121. The Hall–Kier alpha value is -0.580. The van der Waals surface area contributed by atoms with Crippen LogP contribution in [0.2, 0.25) is 0 Å². The zero-order valence-electron chi connectivity index (χ0n) is 12.0. The molecule has 2 rings (SSSR count). The Labute approximate surface area is 111 Å². The van der Waals surface area contributed by atoms with E-state index >= 15 is 0 Å². The summed E-state index contributed by atoms with van der Waals surface area (Å²) in [6.07, 6.45) is 5.82.